The number of piperidine rings is 1. The van der Waals surface area contributed by atoms with Crippen LogP contribution in [0.4, 0.5) is 0 Å². The van der Waals surface area contributed by atoms with Gasteiger partial charge in [0.1, 0.15) is 0 Å². The van der Waals surface area contributed by atoms with Crippen molar-refractivity contribution in [1.29, 1.82) is 0 Å². The minimum Gasteiger partial charge on any atom is -0.349 e. The molecule has 1 aliphatic rings. The molecule has 0 aliphatic carbocycles. The smallest absolute Gasteiger partial charge is 0.261 e. The van der Waals surface area contributed by atoms with E-state index in [0.717, 1.165) is 28.7 Å². The molecule has 3 nitrogen and oxygen atoms in total. The molecule has 88 valence electrons. The Morgan fingerprint density at radius 3 is 3.12 bits per heavy atom. The number of carbonyl (C=O) groups excluding carboxylic acids is 1. The molecule has 0 spiro atoms. The van der Waals surface area contributed by atoms with Crippen molar-refractivity contribution in [1.82, 2.24) is 10.6 Å². The van der Waals surface area contributed by atoms with Crippen LogP contribution in [0, 0.1) is 0 Å². The lowest BCUT2D eigenvalue weighted by Crippen LogP contribution is -2.46. The fraction of sp³-hybridized carbons (Fsp3) is 0.545. The van der Waals surface area contributed by atoms with Crippen LogP contribution in [-0.2, 0) is 0 Å². The number of hydrogen-bond acceptors (Lipinski definition) is 3. The Hall–Kier alpha value is -0.390. The molecule has 1 amide bonds. The SMILES string of the molecule is CC1CC(NC(=O)c2cc(Br)cs2)CCN1. The van der Waals surface area contributed by atoms with Gasteiger partial charge in [0.05, 0.1) is 4.88 Å². The number of halogens is 1. The summed E-state index contributed by atoms with van der Waals surface area (Å²) in [6.45, 7) is 3.14. The van der Waals surface area contributed by atoms with Crippen LogP contribution in [0.3, 0.4) is 0 Å². The zero-order valence-electron chi connectivity index (χ0n) is 9.13. The predicted octanol–water partition coefficient (Wildman–Crippen LogP) is 2.38. The highest BCUT2D eigenvalue weighted by molar-refractivity contribution is 9.10. The fourth-order valence-corrected chi connectivity index (χ4v) is 3.28. The molecule has 0 saturated carbocycles. The second kappa shape index (κ2) is 5.29. The molecule has 16 heavy (non-hydrogen) atoms. The molecule has 1 aromatic heterocycles. The third kappa shape index (κ3) is 3.06. The van der Waals surface area contributed by atoms with Gasteiger partial charge in [-0.3, -0.25) is 4.79 Å². The van der Waals surface area contributed by atoms with Crippen LogP contribution < -0.4 is 10.6 Å². The molecule has 0 radical (unpaired) electrons. The summed E-state index contributed by atoms with van der Waals surface area (Å²) in [6.07, 6.45) is 2.03. The number of nitrogens with one attached hydrogen (secondary N) is 2. The molecule has 2 atom stereocenters. The van der Waals surface area contributed by atoms with Crippen molar-refractivity contribution in [3.63, 3.8) is 0 Å². The topological polar surface area (TPSA) is 41.1 Å². The molecule has 2 heterocycles. The number of amides is 1. The lowest BCUT2D eigenvalue weighted by atomic mass is 10.0. The highest BCUT2D eigenvalue weighted by Gasteiger charge is 2.20. The van der Waals surface area contributed by atoms with E-state index in [1.807, 2.05) is 11.4 Å². The largest absolute Gasteiger partial charge is 0.349 e. The van der Waals surface area contributed by atoms with E-state index < -0.39 is 0 Å². The van der Waals surface area contributed by atoms with Gasteiger partial charge in [0.15, 0.2) is 0 Å². The van der Waals surface area contributed by atoms with Gasteiger partial charge in [-0.2, -0.15) is 0 Å². The monoisotopic (exact) mass is 302 g/mol. The molecule has 1 fully saturated rings. The van der Waals surface area contributed by atoms with Crippen LogP contribution in [0.15, 0.2) is 15.9 Å². The Morgan fingerprint density at radius 1 is 1.69 bits per heavy atom. The first-order chi connectivity index (χ1) is 7.65. The van der Waals surface area contributed by atoms with E-state index in [-0.39, 0.29) is 5.91 Å². The van der Waals surface area contributed by atoms with E-state index in [1.54, 1.807) is 0 Å². The van der Waals surface area contributed by atoms with Gasteiger partial charge in [-0.15, -0.1) is 11.3 Å². The Kier molecular flexibility index (Phi) is 4.00. The third-order valence-electron chi connectivity index (χ3n) is 2.75. The molecule has 1 aromatic rings. The Morgan fingerprint density at radius 2 is 2.50 bits per heavy atom. The average molecular weight is 303 g/mol. The summed E-state index contributed by atoms with van der Waals surface area (Å²) < 4.78 is 0.973. The summed E-state index contributed by atoms with van der Waals surface area (Å²) in [4.78, 5) is 12.7. The first kappa shape index (κ1) is 12.1. The van der Waals surface area contributed by atoms with Crippen LogP contribution in [0.1, 0.15) is 29.4 Å². The average Bonchev–Trinajstić information content (AvgIpc) is 2.65. The normalized spacial score (nSPS) is 25.4. The van der Waals surface area contributed by atoms with Gasteiger partial charge in [-0.1, -0.05) is 0 Å². The summed E-state index contributed by atoms with van der Waals surface area (Å²) >= 11 is 4.83. The Balaban J connectivity index is 1.92. The summed E-state index contributed by atoms with van der Waals surface area (Å²) in [5.41, 5.74) is 0. The van der Waals surface area contributed by atoms with Gasteiger partial charge in [-0.25, -0.2) is 0 Å². The molecule has 0 aromatic carbocycles. The molecular formula is C11H15BrN2OS. The van der Waals surface area contributed by atoms with Crippen LogP contribution in [-0.4, -0.2) is 24.5 Å². The lowest BCUT2D eigenvalue weighted by Gasteiger charge is -2.28. The van der Waals surface area contributed by atoms with Gasteiger partial charge >= 0.3 is 0 Å². The Labute approximate surface area is 108 Å². The number of hydrogen-bond donors (Lipinski definition) is 2. The Bertz CT molecular complexity index is 380. The van der Waals surface area contributed by atoms with Gasteiger partial charge in [-0.05, 0) is 48.3 Å². The van der Waals surface area contributed by atoms with Crippen molar-refractivity contribution in [3.05, 3.63) is 20.8 Å². The zero-order valence-corrected chi connectivity index (χ0v) is 11.5. The van der Waals surface area contributed by atoms with Gasteiger partial charge < -0.3 is 10.6 Å². The van der Waals surface area contributed by atoms with Crippen LogP contribution in [0.5, 0.6) is 0 Å². The van der Waals surface area contributed by atoms with E-state index in [0.29, 0.717) is 12.1 Å². The standard InChI is InChI=1S/C11H15BrN2OS/c1-7-4-9(2-3-13-7)14-11(15)10-5-8(12)6-16-10/h5-7,9,13H,2-4H2,1H3,(H,14,15). The van der Waals surface area contributed by atoms with E-state index in [1.165, 1.54) is 11.3 Å². The van der Waals surface area contributed by atoms with E-state index in [4.69, 9.17) is 0 Å². The van der Waals surface area contributed by atoms with Gasteiger partial charge in [0.25, 0.3) is 5.91 Å². The number of carbonyl (C=O) groups is 1. The highest BCUT2D eigenvalue weighted by Crippen LogP contribution is 2.20. The molecule has 2 N–H and O–H groups in total. The minimum atomic E-state index is 0.0507. The number of rotatable bonds is 2. The maximum absolute atomic E-state index is 11.9. The van der Waals surface area contributed by atoms with Gasteiger partial charge in [0.2, 0.25) is 0 Å². The quantitative estimate of drug-likeness (QED) is 0.881. The van der Waals surface area contributed by atoms with E-state index in [2.05, 4.69) is 33.5 Å². The summed E-state index contributed by atoms with van der Waals surface area (Å²) in [5, 5.41) is 8.39. The summed E-state index contributed by atoms with van der Waals surface area (Å²) in [7, 11) is 0. The van der Waals surface area contributed by atoms with Crippen LogP contribution in [0.2, 0.25) is 0 Å². The molecule has 2 unspecified atom stereocenters. The van der Waals surface area contributed by atoms with Crippen molar-refractivity contribution >= 4 is 33.2 Å². The van der Waals surface area contributed by atoms with Crippen molar-refractivity contribution in [2.75, 3.05) is 6.54 Å². The molecular weight excluding hydrogens is 288 g/mol. The van der Waals surface area contributed by atoms with Crippen LogP contribution >= 0.6 is 27.3 Å². The van der Waals surface area contributed by atoms with Crippen molar-refractivity contribution < 1.29 is 4.79 Å². The molecule has 5 heteroatoms. The summed E-state index contributed by atoms with van der Waals surface area (Å²) in [6, 6.07) is 2.67. The lowest BCUT2D eigenvalue weighted by molar-refractivity contribution is 0.0930. The first-order valence-electron chi connectivity index (χ1n) is 5.43. The van der Waals surface area contributed by atoms with Crippen molar-refractivity contribution in [2.45, 2.75) is 31.8 Å². The molecule has 1 aliphatic heterocycles. The van der Waals surface area contributed by atoms with Gasteiger partial charge in [0, 0.05) is 21.9 Å². The molecule has 0 bridgehead atoms. The number of thiophene rings is 1. The maximum Gasteiger partial charge on any atom is 0.261 e. The van der Waals surface area contributed by atoms with E-state index >= 15 is 0 Å². The molecule has 2 rings (SSSR count). The third-order valence-corrected chi connectivity index (χ3v) is 4.44. The second-order valence-electron chi connectivity index (χ2n) is 4.18. The van der Waals surface area contributed by atoms with Crippen LogP contribution in [0.25, 0.3) is 0 Å². The van der Waals surface area contributed by atoms with Crippen molar-refractivity contribution in [2.24, 2.45) is 0 Å². The zero-order chi connectivity index (χ0) is 11.5. The fourth-order valence-electron chi connectivity index (χ4n) is 1.95. The minimum absolute atomic E-state index is 0.0507. The molecule has 1 saturated heterocycles. The first-order valence-corrected chi connectivity index (χ1v) is 7.10. The highest BCUT2D eigenvalue weighted by atomic mass is 79.9. The predicted molar refractivity (Wildman–Crippen MR) is 70.0 cm³/mol. The maximum atomic E-state index is 11.9. The summed E-state index contributed by atoms with van der Waals surface area (Å²) in [5.74, 6) is 0.0507. The van der Waals surface area contributed by atoms with Crippen molar-refractivity contribution in [3.8, 4) is 0 Å². The van der Waals surface area contributed by atoms with E-state index in [9.17, 15) is 4.79 Å². The second-order valence-corrected chi connectivity index (χ2v) is 6.01.